The fraction of sp³-hybridized carbons (Fsp3) is 0.562. The first-order chi connectivity index (χ1) is 9.60. The molecule has 0 unspecified atom stereocenters. The second-order valence-corrected chi connectivity index (χ2v) is 5.88. The normalized spacial score (nSPS) is 19.5. The summed E-state index contributed by atoms with van der Waals surface area (Å²) in [5, 5.41) is 0. The number of rotatable bonds is 3. The third-order valence-electron chi connectivity index (χ3n) is 4.32. The number of morpholine rings is 1. The Bertz CT molecular complexity index is 518. The molecule has 0 aromatic heterocycles. The third kappa shape index (κ3) is 2.23. The fourth-order valence-corrected chi connectivity index (χ4v) is 2.99. The van der Waals surface area contributed by atoms with E-state index in [-0.39, 0.29) is 5.78 Å². The summed E-state index contributed by atoms with van der Waals surface area (Å²) in [6.45, 7) is 7.66. The molecule has 20 heavy (non-hydrogen) atoms. The number of hydrogen-bond donors (Lipinski definition) is 0. The van der Waals surface area contributed by atoms with E-state index in [2.05, 4.69) is 4.90 Å². The highest BCUT2D eigenvalue weighted by atomic mass is 16.5. The lowest BCUT2D eigenvalue weighted by Gasteiger charge is -2.39. The first-order valence-electron chi connectivity index (χ1n) is 7.23. The summed E-state index contributed by atoms with van der Waals surface area (Å²) in [6, 6.07) is 5.88. The number of para-hydroxylation sites is 1. The number of fused-ring (bicyclic) bond motifs is 1. The SMILES string of the molecule is CC(C)(C(=O)c1cccc2c1OCC2)N1CCOCC1. The first-order valence-corrected chi connectivity index (χ1v) is 7.23. The summed E-state index contributed by atoms with van der Waals surface area (Å²) in [5.41, 5.74) is 1.34. The number of ketones is 1. The molecule has 108 valence electrons. The van der Waals surface area contributed by atoms with Crippen LogP contribution in [-0.4, -0.2) is 49.1 Å². The van der Waals surface area contributed by atoms with Gasteiger partial charge in [0.1, 0.15) is 5.75 Å². The van der Waals surface area contributed by atoms with E-state index in [1.54, 1.807) is 0 Å². The van der Waals surface area contributed by atoms with E-state index >= 15 is 0 Å². The minimum atomic E-state index is -0.523. The zero-order chi connectivity index (χ0) is 14.2. The van der Waals surface area contributed by atoms with Gasteiger partial charge < -0.3 is 9.47 Å². The van der Waals surface area contributed by atoms with Crippen LogP contribution in [0.2, 0.25) is 0 Å². The van der Waals surface area contributed by atoms with Crippen LogP contribution in [0.1, 0.15) is 29.8 Å². The highest BCUT2D eigenvalue weighted by Crippen LogP contribution is 2.33. The van der Waals surface area contributed by atoms with E-state index in [4.69, 9.17) is 9.47 Å². The number of Topliss-reactive ketones (excluding diaryl/α,β-unsaturated/α-hetero) is 1. The topological polar surface area (TPSA) is 38.8 Å². The molecule has 2 aliphatic rings. The average Bonchev–Trinajstić information content (AvgIpc) is 2.95. The van der Waals surface area contributed by atoms with Crippen molar-refractivity contribution in [2.24, 2.45) is 0 Å². The number of ether oxygens (including phenoxy) is 2. The van der Waals surface area contributed by atoms with Crippen LogP contribution < -0.4 is 4.74 Å². The van der Waals surface area contributed by atoms with Gasteiger partial charge in [0.05, 0.1) is 30.9 Å². The highest BCUT2D eigenvalue weighted by molar-refractivity contribution is 6.05. The Morgan fingerprint density at radius 2 is 1.95 bits per heavy atom. The molecule has 0 N–H and O–H groups in total. The Balaban J connectivity index is 1.90. The van der Waals surface area contributed by atoms with Crippen LogP contribution in [0.3, 0.4) is 0 Å². The number of carbonyl (C=O) groups is 1. The van der Waals surface area contributed by atoms with Gasteiger partial charge in [-0.2, -0.15) is 0 Å². The molecule has 0 saturated carbocycles. The van der Waals surface area contributed by atoms with Crippen LogP contribution in [0.4, 0.5) is 0 Å². The Morgan fingerprint density at radius 1 is 1.20 bits per heavy atom. The molecular weight excluding hydrogens is 254 g/mol. The van der Waals surface area contributed by atoms with Gasteiger partial charge >= 0.3 is 0 Å². The van der Waals surface area contributed by atoms with E-state index in [0.717, 1.165) is 36.4 Å². The number of hydrogen-bond acceptors (Lipinski definition) is 4. The van der Waals surface area contributed by atoms with Crippen molar-refractivity contribution in [2.75, 3.05) is 32.9 Å². The van der Waals surface area contributed by atoms with Gasteiger partial charge in [-0.15, -0.1) is 0 Å². The molecule has 2 heterocycles. The standard InChI is InChI=1S/C16H21NO3/c1-16(2,17-7-10-19-11-8-17)15(18)13-5-3-4-12-6-9-20-14(12)13/h3-5H,6-11H2,1-2H3. The largest absolute Gasteiger partial charge is 0.492 e. The van der Waals surface area contributed by atoms with Crippen molar-refractivity contribution in [3.05, 3.63) is 29.3 Å². The molecule has 3 rings (SSSR count). The summed E-state index contributed by atoms with van der Waals surface area (Å²) < 4.78 is 11.0. The molecule has 0 radical (unpaired) electrons. The van der Waals surface area contributed by atoms with Gasteiger partial charge in [0, 0.05) is 19.5 Å². The number of nitrogens with zero attached hydrogens (tertiary/aromatic N) is 1. The molecule has 0 aliphatic carbocycles. The van der Waals surface area contributed by atoms with E-state index < -0.39 is 5.54 Å². The zero-order valence-electron chi connectivity index (χ0n) is 12.1. The van der Waals surface area contributed by atoms with Crippen molar-refractivity contribution >= 4 is 5.78 Å². The summed E-state index contributed by atoms with van der Waals surface area (Å²) >= 11 is 0. The van der Waals surface area contributed by atoms with E-state index in [9.17, 15) is 4.79 Å². The minimum absolute atomic E-state index is 0.137. The molecule has 4 heteroatoms. The molecule has 1 aromatic carbocycles. The Labute approximate surface area is 119 Å². The summed E-state index contributed by atoms with van der Waals surface area (Å²) in [6.07, 6.45) is 0.897. The molecular formula is C16H21NO3. The van der Waals surface area contributed by atoms with Crippen LogP contribution in [0.15, 0.2) is 18.2 Å². The second kappa shape index (κ2) is 5.19. The van der Waals surface area contributed by atoms with Gasteiger partial charge in [0.15, 0.2) is 5.78 Å². The minimum Gasteiger partial charge on any atom is -0.492 e. The number of benzene rings is 1. The Kier molecular flexibility index (Phi) is 3.52. The van der Waals surface area contributed by atoms with E-state index in [1.165, 1.54) is 0 Å². The quantitative estimate of drug-likeness (QED) is 0.790. The van der Waals surface area contributed by atoms with Gasteiger partial charge in [-0.05, 0) is 25.5 Å². The van der Waals surface area contributed by atoms with Crippen LogP contribution in [0, 0.1) is 0 Å². The van der Waals surface area contributed by atoms with Crippen molar-refractivity contribution in [3.8, 4) is 5.75 Å². The smallest absolute Gasteiger partial charge is 0.186 e. The zero-order valence-corrected chi connectivity index (χ0v) is 12.1. The van der Waals surface area contributed by atoms with Crippen molar-refractivity contribution in [1.29, 1.82) is 0 Å². The van der Waals surface area contributed by atoms with Crippen molar-refractivity contribution in [3.63, 3.8) is 0 Å². The highest BCUT2D eigenvalue weighted by Gasteiger charge is 2.38. The molecule has 1 fully saturated rings. The van der Waals surface area contributed by atoms with Gasteiger partial charge in [0.25, 0.3) is 0 Å². The lowest BCUT2D eigenvalue weighted by Crippen LogP contribution is -2.54. The predicted molar refractivity (Wildman–Crippen MR) is 76.4 cm³/mol. The Hall–Kier alpha value is -1.39. The second-order valence-electron chi connectivity index (χ2n) is 5.88. The monoisotopic (exact) mass is 275 g/mol. The maximum Gasteiger partial charge on any atom is 0.186 e. The lowest BCUT2D eigenvalue weighted by molar-refractivity contribution is -0.00438. The predicted octanol–water partition coefficient (Wildman–Crippen LogP) is 1.92. The van der Waals surface area contributed by atoms with Crippen LogP contribution in [0.5, 0.6) is 5.75 Å². The molecule has 1 saturated heterocycles. The van der Waals surface area contributed by atoms with Crippen LogP contribution >= 0.6 is 0 Å². The van der Waals surface area contributed by atoms with Gasteiger partial charge in [-0.25, -0.2) is 0 Å². The van der Waals surface area contributed by atoms with Crippen molar-refractivity contribution in [2.45, 2.75) is 25.8 Å². The molecule has 2 aliphatic heterocycles. The van der Waals surface area contributed by atoms with E-state index in [1.807, 2.05) is 32.0 Å². The van der Waals surface area contributed by atoms with Gasteiger partial charge in [-0.3, -0.25) is 9.69 Å². The molecule has 0 bridgehead atoms. The fourth-order valence-electron chi connectivity index (χ4n) is 2.99. The average molecular weight is 275 g/mol. The molecule has 0 spiro atoms. The molecule has 4 nitrogen and oxygen atoms in total. The summed E-state index contributed by atoms with van der Waals surface area (Å²) in [7, 11) is 0. The Morgan fingerprint density at radius 3 is 2.70 bits per heavy atom. The number of carbonyl (C=O) groups excluding carboxylic acids is 1. The third-order valence-corrected chi connectivity index (χ3v) is 4.32. The molecule has 1 aromatic rings. The van der Waals surface area contributed by atoms with E-state index in [0.29, 0.717) is 19.8 Å². The molecule has 0 amide bonds. The van der Waals surface area contributed by atoms with Crippen molar-refractivity contribution < 1.29 is 14.3 Å². The van der Waals surface area contributed by atoms with Gasteiger partial charge in [0.2, 0.25) is 0 Å². The van der Waals surface area contributed by atoms with Crippen molar-refractivity contribution in [1.82, 2.24) is 4.90 Å². The molecule has 0 atom stereocenters. The van der Waals surface area contributed by atoms with Gasteiger partial charge in [-0.1, -0.05) is 12.1 Å². The van der Waals surface area contributed by atoms with Crippen LogP contribution in [0.25, 0.3) is 0 Å². The first kappa shape index (κ1) is 13.6. The maximum atomic E-state index is 13.0. The summed E-state index contributed by atoms with van der Waals surface area (Å²) in [4.78, 5) is 15.2. The maximum absolute atomic E-state index is 13.0. The van der Waals surface area contributed by atoms with Crippen LogP contribution in [-0.2, 0) is 11.2 Å². The lowest BCUT2D eigenvalue weighted by atomic mass is 9.89. The summed E-state index contributed by atoms with van der Waals surface area (Å²) in [5.74, 6) is 0.928.